The van der Waals surface area contributed by atoms with Gasteiger partial charge in [-0.1, -0.05) is 37.6 Å². The maximum absolute atomic E-state index is 12.7. The van der Waals surface area contributed by atoms with E-state index in [0.29, 0.717) is 28.3 Å². The van der Waals surface area contributed by atoms with Crippen LogP contribution < -0.4 is 10.6 Å². The highest BCUT2D eigenvalue weighted by Crippen LogP contribution is 2.29. The van der Waals surface area contributed by atoms with E-state index in [4.69, 9.17) is 32.7 Å². The third-order valence-electron chi connectivity index (χ3n) is 6.15. The highest BCUT2D eigenvalue weighted by atomic mass is 35.5. The van der Waals surface area contributed by atoms with Crippen LogP contribution in [0, 0.1) is 0 Å². The average molecular weight is 530 g/mol. The molecule has 8 heteroatoms. The number of hydrogen-bond donors (Lipinski definition) is 2. The number of fused-ring (bicyclic) bond motifs is 1. The number of amides is 1. The predicted molar refractivity (Wildman–Crippen MR) is 151 cm³/mol. The Kier molecular flexibility index (Phi) is 7.08. The third-order valence-corrected chi connectivity index (χ3v) is 6.60. The molecule has 0 radical (unpaired) electrons. The number of furan rings is 1. The van der Waals surface area contributed by atoms with Crippen molar-refractivity contribution in [1.29, 1.82) is 0 Å². The number of anilines is 1. The van der Waals surface area contributed by atoms with E-state index in [1.165, 1.54) is 5.56 Å². The van der Waals surface area contributed by atoms with Gasteiger partial charge in [-0.25, -0.2) is 4.98 Å². The molecule has 6 nitrogen and oxygen atoms in total. The standard InChI is InChI=1S/C29H24ClN3O3S/c1-3-17(2)19-9-12-25-23(16-19)32-28(36-25)20-5-4-6-22(15-20)31-29(37)33-27(34)26-14-13-24(35-26)18-7-10-21(30)11-8-18/h4-17H,3H2,1-2H3,(H2,31,33,34,37)/t17-/m1/s1. The Hall–Kier alpha value is -3.94. The van der Waals surface area contributed by atoms with E-state index in [1.54, 1.807) is 24.3 Å². The van der Waals surface area contributed by atoms with Gasteiger partial charge in [0.1, 0.15) is 11.3 Å². The quantitative estimate of drug-likeness (QED) is 0.217. The molecule has 0 aliphatic rings. The molecule has 3 aromatic carbocycles. The van der Waals surface area contributed by atoms with Crippen molar-refractivity contribution in [3.8, 4) is 22.8 Å². The first kappa shape index (κ1) is 24.7. The van der Waals surface area contributed by atoms with Gasteiger partial charge in [0.05, 0.1) is 0 Å². The molecule has 0 spiro atoms. The summed E-state index contributed by atoms with van der Waals surface area (Å²) in [7, 11) is 0. The number of nitrogens with one attached hydrogen (secondary N) is 2. The lowest BCUT2D eigenvalue weighted by Crippen LogP contribution is -2.33. The van der Waals surface area contributed by atoms with E-state index in [-0.39, 0.29) is 10.9 Å². The normalized spacial score (nSPS) is 11.9. The van der Waals surface area contributed by atoms with Crippen LogP contribution in [0.25, 0.3) is 33.9 Å². The zero-order valence-corrected chi connectivity index (χ0v) is 21.8. The van der Waals surface area contributed by atoms with Gasteiger partial charge in [0.2, 0.25) is 5.89 Å². The van der Waals surface area contributed by atoms with Crippen LogP contribution in [0.4, 0.5) is 5.69 Å². The molecular weight excluding hydrogens is 506 g/mol. The Morgan fingerprint density at radius 3 is 2.59 bits per heavy atom. The number of carbonyl (C=O) groups excluding carboxylic acids is 1. The summed E-state index contributed by atoms with van der Waals surface area (Å²) in [5, 5.41) is 6.45. The minimum atomic E-state index is -0.454. The number of benzene rings is 3. The SMILES string of the molecule is CC[C@@H](C)c1ccc2oc(-c3cccc(NC(=S)NC(=O)c4ccc(-c5ccc(Cl)cc5)o4)c3)nc2c1. The number of halogens is 1. The topological polar surface area (TPSA) is 80.3 Å². The fraction of sp³-hybridized carbons (Fsp3) is 0.138. The van der Waals surface area contributed by atoms with Gasteiger partial charge in [-0.3, -0.25) is 10.1 Å². The van der Waals surface area contributed by atoms with Crippen molar-refractivity contribution < 1.29 is 13.6 Å². The summed E-state index contributed by atoms with van der Waals surface area (Å²) < 4.78 is 11.7. The van der Waals surface area contributed by atoms with Crippen molar-refractivity contribution in [2.24, 2.45) is 0 Å². The molecule has 5 aromatic rings. The van der Waals surface area contributed by atoms with E-state index in [0.717, 1.165) is 28.6 Å². The van der Waals surface area contributed by atoms with Crippen molar-refractivity contribution in [2.75, 3.05) is 5.32 Å². The zero-order chi connectivity index (χ0) is 25.9. The highest BCUT2D eigenvalue weighted by molar-refractivity contribution is 7.80. The second-order valence-electron chi connectivity index (χ2n) is 8.72. The average Bonchev–Trinajstić information content (AvgIpc) is 3.56. The number of oxazole rings is 1. The van der Waals surface area contributed by atoms with Gasteiger partial charge >= 0.3 is 0 Å². The summed E-state index contributed by atoms with van der Waals surface area (Å²) in [6, 6.07) is 24.1. The van der Waals surface area contributed by atoms with Gasteiger partial charge in [0, 0.05) is 21.8 Å². The predicted octanol–water partition coefficient (Wildman–Crippen LogP) is 8.05. The minimum absolute atomic E-state index is 0.141. The van der Waals surface area contributed by atoms with Crippen LogP contribution in [0.15, 0.2) is 87.7 Å². The van der Waals surface area contributed by atoms with Gasteiger partial charge < -0.3 is 14.2 Å². The second-order valence-corrected chi connectivity index (χ2v) is 9.56. The summed E-state index contributed by atoms with van der Waals surface area (Å²) >= 11 is 11.3. The van der Waals surface area contributed by atoms with Gasteiger partial charge in [-0.05, 0) is 96.9 Å². The lowest BCUT2D eigenvalue weighted by Gasteiger charge is -2.09. The second kappa shape index (κ2) is 10.6. The van der Waals surface area contributed by atoms with E-state index in [9.17, 15) is 4.79 Å². The van der Waals surface area contributed by atoms with Crippen LogP contribution in [0.2, 0.25) is 5.02 Å². The van der Waals surface area contributed by atoms with Gasteiger partial charge in [-0.2, -0.15) is 0 Å². The first-order valence-electron chi connectivity index (χ1n) is 11.9. The van der Waals surface area contributed by atoms with E-state index >= 15 is 0 Å². The summed E-state index contributed by atoms with van der Waals surface area (Å²) in [6.45, 7) is 4.37. The number of carbonyl (C=O) groups is 1. The lowest BCUT2D eigenvalue weighted by molar-refractivity contribution is 0.0951. The maximum Gasteiger partial charge on any atom is 0.293 e. The monoisotopic (exact) mass is 529 g/mol. The molecule has 0 bridgehead atoms. The highest BCUT2D eigenvalue weighted by Gasteiger charge is 2.15. The first-order valence-corrected chi connectivity index (χ1v) is 12.7. The van der Waals surface area contributed by atoms with Gasteiger partial charge in [0.25, 0.3) is 5.91 Å². The Morgan fingerprint density at radius 1 is 1.00 bits per heavy atom. The smallest absolute Gasteiger partial charge is 0.293 e. The molecular formula is C29H24ClN3O3S. The molecule has 0 aliphatic carbocycles. The van der Waals surface area contributed by atoms with Crippen molar-refractivity contribution in [1.82, 2.24) is 10.3 Å². The fourth-order valence-corrected chi connectivity index (χ4v) is 4.23. The zero-order valence-electron chi connectivity index (χ0n) is 20.2. The Bertz CT molecular complexity index is 1590. The summed E-state index contributed by atoms with van der Waals surface area (Å²) in [5.41, 5.74) is 5.09. The van der Waals surface area contributed by atoms with Gasteiger partial charge in [-0.15, -0.1) is 0 Å². The summed E-state index contributed by atoms with van der Waals surface area (Å²) in [4.78, 5) is 17.3. The molecule has 1 atom stereocenters. The molecule has 2 heterocycles. The minimum Gasteiger partial charge on any atom is -0.451 e. The van der Waals surface area contributed by atoms with E-state index in [2.05, 4.69) is 41.6 Å². The Balaban J connectivity index is 1.26. The third kappa shape index (κ3) is 5.58. The van der Waals surface area contributed by atoms with Crippen molar-refractivity contribution in [2.45, 2.75) is 26.2 Å². The molecule has 186 valence electrons. The van der Waals surface area contributed by atoms with Crippen molar-refractivity contribution >= 4 is 51.6 Å². The van der Waals surface area contributed by atoms with E-state index in [1.807, 2.05) is 42.5 Å². The Morgan fingerprint density at radius 2 is 1.81 bits per heavy atom. The molecule has 5 rings (SSSR count). The number of aromatic nitrogens is 1. The van der Waals surface area contributed by atoms with Crippen LogP contribution in [-0.2, 0) is 0 Å². The fourth-order valence-electron chi connectivity index (χ4n) is 3.90. The molecule has 0 aliphatic heterocycles. The lowest BCUT2D eigenvalue weighted by atomic mass is 9.98. The molecule has 0 unspecified atom stereocenters. The van der Waals surface area contributed by atoms with Crippen LogP contribution in [0.1, 0.15) is 42.3 Å². The number of hydrogen-bond acceptors (Lipinski definition) is 5. The Labute approximate surface area is 224 Å². The van der Waals surface area contributed by atoms with Crippen molar-refractivity contribution in [3.63, 3.8) is 0 Å². The molecule has 2 N–H and O–H groups in total. The van der Waals surface area contributed by atoms with Gasteiger partial charge in [0.15, 0.2) is 16.5 Å². The molecule has 2 aromatic heterocycles. The largest absolute Gasteiger partial charge is 0.451 e. The molecule has 0 saturated heterocycles. The number of nitrogens with zero attached hydrogens (tertiary/aromatic N) is 1. The van der Waals surface area contributed by atoms with Crippen LogP contribution >= 0.6 is 23.8 Å². The van der Waals surface area contributed by atoms with E-state index < -0.39 is 5.91 Å². The van der Waals surface area contributed by atoms with Crippen molar-refractivity contribution in [3.05, 3.63) is 95.2 Å². The number of thiocarbonyl (C=S) groups is 1. The summed E-state index contributed by atoms with van der Waals surface area (Å²) in [6.07, 6.45) is 1.06. The van der Waals surface area contributed by atoms with Crippen LogP contribution in [-0.4, -0.2) is 16.0 Å². The van der Waals surface area contributed by atoms with Crippen LogP contribution in [0.5, 0.6) is 0 Å². The molecule has 37 heavy (non-hydrogen) atoms. The molecule has 0 fully saturated rings. The van der Waals surface area contributed by atoms with Crippen LogP contribution in [0.3, 0.4) is 0 Å². The molecule has 0 saturated carbocycles. The maximum atomic E-state index is 12.7. The first-order chi connectivity index (χ1) is 17.9. The molecule has 1 amide bonds. The summed E-state index contributed by atoms with van der Waals surface area (Å²) in [5.74, 6) is 1.22. The number of rotatable bonds is 6.